The van der Waals surface area contributed by atoms with Crippen LogP contribution in [0.1, 0.15) is 30.4 Å². The van der Waals surface area contributed by atoms with Crippen molar-refractivity contribution in [1.29, 1.82) is 0 Å². The molecule has 2 aromatic carbocycles. The molecule has 3 N–H and O–H groups in total. The average molecular weight is 424 g/mol. The molecule has 4 rings (SSSR count). The zero-order valence-electron chi connectivity index (χ0n) is 17.0. The second-order valence-electron chi connectivity index (χ2n) is 7.72. The van der Waals surface area contributed by atoms with E-state index < -0.39 is 36.2 Å². The molecule has 2 aromatic rings. The Morgan fingerprint density at radius 3 is 2.32 bits per heavy atom. The number of rotatable bonds is 6. The second-order valence-corrected chi connectivity index (χ2v) is 7.72. The van der Waals surface area contributed by atoms with E-state index in [9.17, 15) is 14.4 Å². The molecule has 162 valence electrons. The molecule has 0 bridgehead atoms. The number of ether oxygens (including phenoxy) is 2. The summed E-state index contributed by atoms with van der Waals surface area (Å²) in [5, 5.41) is 14.3. The third-order valence-electron chi connectivity index (χ3n) is 5.73. The SMILES string of the molecule is C[C@@H](NC(=O)OCC1c2ccccc2-c2ccccc21)C(=O)NC1CCOC1C(=O)O. The van der Waals surface area contributed by atoms with Gasteiger partial charge in [-0.25, -0.2) is 9.59 Å². The van der Waals surface area contributed by atoms with Gasteiger partial charge in [0.05, 0.1) is 6.04 Å². The lowest BCUT2D eigenvalue weighted by atomic mass is 9.98. The maximum atomic E-state index is 12.4. The highest BCUT2D eigenvalue weighted by molar-refractivity contribution is 5.86. The van der Waals surface area contributed by atoms with Crippen LogP contribution in [0.25, 0.3) is 11.1 Å². The predicted octanol–water partition coefficient (Wildman–Crippen LogP) is 2.27. The molecule has 0 aromatic heterocycles. The van der Waals surface area contributed by atoms with Gasteiger partial charge < -0.3 is 25.2 Å². The molecule has 0 radical (unpaired) electrons. The number of fused-ring (bicyclic) bond motifs is 3. The molecule has 1 fully saturated rings. The Morgan fingerprint density at radius 2 is 1.71 bits per heavy atom. The molecule has 8 heteroatoms. The number of benzene rings is 2. The Balaban J connectivity index is 1.33. The molecule has 1 aliphatic heterocycles. The third-order valence-corrected chi connectivity index (χ3v) is 5.73. The average Bonchev–Trinajstić information content (AvgIpc) is 3.35. The molecule has 1 aliphatic carbocycles. The van der Waals surface area contributed by atoms with Gasteiger partial charge in [0.1, 0.15) is 12.6 Å². The zero-order chi connectivity index (χ0) is 22.0. The maximum Gasteiger partial charge on any atom is 0.407 e. The van der Waals surface area contributed by atoms with E-state index in [0.717, 1.165) is 22.3 Å². The highest BCUT2D eigenvalue weighted by Gasteiger charge is 2.36. The summed E-state index contributed by atoms with van der Waals surface area (Å²) >= 11 is 0. The first-order chi connectivity index (χ1) is 15.0. The van der Waals surface area contributed by atoms with Gasteiger partial charge >= 0.3 is 12.1 Å². The van der Waals surface area contributed by atoms with E-state index >= 15 is 0 Å². The first kappa shape index (κ1) is 20.9. The number of carboxylic acid groups (broad SMARTS) is 1. The van der Waals surface area contributed by atoms with Crippen LogP contribution in [0.4, 0.5) is 4.79 Å². The van der Waals surface area contributed by atoms with Gasteiger partial charge in [-0.1, -0.05) is 48.5 Å². The van der Waals surface area contributed by atoms with E-state index in [2.05, 4.69) is 22.8 Å². The summed E-state index contributed by atoms with van der Waals surface area (Å²) in [6, 6.07) is 14.5. The molecular weight excluding hydrogens is 400 g/mol. The molecule has 31 heavy (non-hydrogen) atoms. The topological polar surface area (TPSA) is 114 Å². The smallest absolute Gasteiger partial charge is 0.407 e. The molecule has 3 atom stereocenters. The summed E-state index contributed by atoms with van der Waals surface area (Å²) in [7, 11) is 0. The van der Waals surface area contributed by atoms with Crippen LogP contribution < -0.4 is 10.6 Å². The maximum absolute atomic E-state index is 12.4. The zero-order valence-corrected chi connectivity index (χ0v) is 17.0. The first-order valence-electron chi connectivity index (χ1n) is 10.2. The Bertz CT molecular complexity index is 962. The normalized spacial score (nSPS) is 20.4. The van der Waals surface area contributed by atoms with Crippen LogP contribution in [0.2, 0.25) is 0 Å². The number of hydrogen-bond acceptors (Lipinski definition) is 5. The van der Waals surface area contributed by atoms with E-state index in [-0.39, 0.29) is 19.1 Å². The van der Waals surface area contributed by atoms with Crippen LogP contribution in [0.15, 0.2) is 48.5 Å². The van der Waals surface area contributed by atoms with Crippen molar-refractivity contribution in [2.75, 3.05) is 13.2 Å². The van der Waals surface area contributed by atoms with E-state index in [1.807, 2.05) is 36.4 Å². The summed E-state index contributed by atoms with van der Waals surface area (Å²) < 4.78 is 10.6. The standard InChI is InChI=1S/C23H24N2O6/c1-13(21(26)25-19-10-11-30-20(19)22(27)28)24-23(29)31-12-18-16-8-4-2-6-14(16)15-7-3-5-9-17(15)18/h2-9,13,18-20H,10-12H2,1H3,(H,24,29)(H,25,26)(H,27,28)/t13-,19?,20?/m1/s1. The van der Waals surface area contributed by atoms with Gasteiger partial charge in [-0.05, 0) is 35.6 Å². The Labute approximate surface area is 179 Å². The number of carbonyl (C=O) groups excluding carboxylic acids is 2. The molecule has 8 nitrogen and oxygen atoms in total. The van der Waals surface area contributed by atoms with Crippen LogP contribution in [0.5, 0.6) is 0 Å². The molecule has 1 saturated heterocycles. The lowest BCUT2D eigenvalue weighted by molar-refractivity contribution is -0.148. The minimum atomic E-state index is -1.13. The largest absolute Gasteiger partial charge is 0.479 e. The minimum absolute atomic E-state index is 0.0748. The van der Waals surface area contributed by atoms with Gasteiger partial charge in [-0.15, -0.1) is 0 Å². The summed E-state index contributed by atoms with van der Waals surface area (Å²) in [6.07, 6.45) is -1.38. The molecule has 0 saturated carbocycles. The number of nitrogens with one attached hydrogen (secondary N) is 2. The van der Waals surface area contributed by atoms with Gasteiger partial charge in [0.2, 0.25) is 5.91 Å². The predicted molar refractivity (Wildman–Crippen MR) is 112 cm³/mol. The number of carbonyl (C=O) groups is 3. The third kappa shape index (κ3) is 4.25. The van der Waals surface area contributed by atoms with Crippen molar-refractivity contribution in [2.24, 2.45) is 0 Å². The molecule has 1 heterocycles. The molecular formula is C23H24N2O6. The quantitative estimate of drug-likeness (QED) is 0.656. The molecule has 2 amide bonds. The number of hydrogen-bond donors (Lipinski definition) is 3. The van der Waals surface area contributed by atoms with Gasteiger partial charge in [0.25, 0.3) is 0 Å². The number of aliphatic carboxylic acids is 1. The molecule has 0 spiro atoms. The van der Waals surface area contributed by atoms with Gasteiger partial charge in [-0.3, -0.25) is 4.79 Å². The van der Waals surface area contributed by atoms with E-state index in [4.69, 9.17) is 14.6 Å². The number of alkyl carbamates (subject to hydrolysis) is 1. The van der Waals surface area contributed by atoms with Gasteiger partial charge in [-0.2, -0.15) is 0 Å². The number of amides is 2. The lowest BCUT2D eigenvalue weighted by Crippen LogP contribution is -2.51. The summed E-state index contributed by atoms with van der Waals surface area (Å²) in [5.41, 5.74) is 4.46. The van der Waals surface area contributed by atoms with Crippen molar-refractivity contribution in [2.45, 2.75) is 37.5 Å². The number of carboxylic acids is 1. The van der Waals surface area contributed by atoms with Crippen LogP contribution in [-0.4, -0.2) is 54.5 Å². The monoisotopic (exact) mass is 424 g/mol. The summed E-state index contributed by atoms with van der Waals surface area (Å²) in [6.45, 7) is 1.92. The van der Waals surface area contributed by atoms with Crippen LogP contribution in [0, 0.1) is 0 Å². The minimum Gasteiger partial charge on any atom is -0.479 e. The summed E-state index contributed by atoms with van der Waals surface area (Å²) in [4.78, 5) is 35.8. The van der Waals surface area contributed by atoms with Crippen molar-refractivity contribution in [3.05, 3.63) is 59.7 Å². The van der Waals surface area contributed by atoms with Crippen molar-refractivity contribution in [1.82, 2.24) is 10.6 Å². The Morgan fingerprint density at radius 1 is 1.10 bits per heavy atom. The van der Waals surface area contributed by atoms with E-state index in [0.29, 0.717) is 6.42 Å². The van der Waals surface area contributed by atoms with Crippen molar-refractivity contribution < 1.29 is 29.0 Å². The van der Waals surface area contributed by atoms with Crippen LogP contribution in [0.3, 0.4) is 0 Å². The Kier molecular flexibility index (Phi) is 5.90. The van der Waals surface area contributed by atoms with Gasteiger partial charge in [0.15, 0.2) is 6.10 Å². The molecule has 2 aliphatic rings. The Hall–Kier alpha value is -3.39. The fourth-order valence-corrected chi connectivity index (χ4v) is 4.17. The second kappa shape index (κ2) is 8.77. The highest BCUT2D eigenvalue weighted by Crippen LogP contribution is 2.44. The summed E-state index contributed by atoms with van der Waals surface area (Å²) in [5.74, 6) is -1.69. The fraction of sp³-hybridized carbons (Fsp3) is 0.348. The van der Waals surface area contributed by atoms with E-state index in [1.165, 1.54) is 6.92 Å². The van der Waals surface area contributed by atoms with Crippen molar-refractivity contribution in [3.8, 4) is 11.1 Å². The van der Waals surface area contributed by atoms with Crippen molar-refractivity contribution >= 4 is 18.0 Å². The van der Waals surface area contributed by atoms with Crippen LogP contribution >= 0.6 is 0 Å². The highest BCUT2D eigenvalue weighted by atomic mass is 16.5. The lowest BCUT2D eigenvalue weighted by Gasteiger charge is -2.20. The van der Waals surface area contributed by atoms with Gasteiger partial charge in [0, 0.05) is 12.5 Å². The van der Waals surface area contributed by atoms with Crippen LogP contribution in [-0.2, 0) is 19.1 Å². The van der Waals surface area contributed by atoms with E-state index in [1.54, 1.807) is 0 Å². The molecule has 2 unspecified atom stereocenters. The van der Waals surface area contributed by atoms with Crippen molar-refractivity contribution in [3.63, 3.8) is 0 Å². The first-order valence-corrected chi connectivity index (χ1v) is 10.2. The fourth-order valence-electron chi connectivity index (χ4n) is 4.17.